The smallest absolute Gasteiger partial charge is 0.292 e. The molecule has 2 aliphatic rings. The van der Waals surface area contributed by atoms with Gasteiger partial charge in [0, 0.05) is 36.9 Å². The van der Waals surface area contributed by atoms with Gasteiger partial charge in [0.1, 0.15) is 0 Å². The molecule has 5 rings (SSSR count). The molecule has 1 saturated heterocycles. The van der Waals surface area contributed by atoms with E-state index >= 15 is 0 Å². The van der Waals surface area contributed by atoms with Gasteiger partial charge >= 0.3 is 0 Å². The van der Waals surface area contributed by atoms with Crippen LogP contribution in [0.2, 0.25) is 0 Å². The molecule has 2 fully saturated rings. The number of imidazole rings is 1. The molecule has 3 aromatic rings. The molecule has 0 spiro atoms. The second-order valence-electron chi connectivity index (χ2n) is 12.2. The first kappa shape index (κ1) is 25.5. The molecular weight excluding hydrogens is 468 g/mol. The maximum absolute atomic E-state index is 13.5. The Morgan fingerprint density at radius 1 is 1.03 bits per heavy atom. The van der Waals surface area contributed by atoms with Gasteiger partial charge in [-0.05, 0) is 67.2 Å². The molecule has 1 aliphatic heterocycles. The van der Waals surface area contributed by atoms with Crippen LogP contribution in [-0.4, -0.2) is 77.7 Å². The molecule has 0 unspecified atom stereocenters. The van der Waals surface area contributed by atoms with Crippen molar-refractivity contribution in [2.75, 3.05) is 31.2 Å². The SMILES string of the molecule is Cc1nc(C(=O)N(C(C)(C)C)C(C)(C)C)ncc1-c1nc(N2CCOCC2)c2ncn(CC3CC3)c2n1. The molecule has 10 nitrogen and oxygen atoms in total. The van der Waals surface area contributed by atoms with Gasteiger partial charge in [0.2, 0.25) is 5.82 Å². The summed E-state index contributed by atoms with van der Waals surface area (Å²) < 4.78 is 7.71. The van der Waals surface area contributed by atoms with E-state index in [-0.39, 0.29) is 22.8 Å². The Morgan fingerprint density at radius 3 is 2.30 bits per heavy atom. The average molecular weight is 507 g/mol. The summed E-state index contributed by atoms with van der Waals surface area (Å²) >= 11 is 0. The number of hydrogen-bond donors (Lipinski definition) is 0. The Morgan fingerprint density at radius 2 is 1.70 bits per heavy atom. The van der Waals surface area contributed by atoms with Gasteiger partial charge in [0.05, 0.1) is 30.8 Å². The van der Waals surface area contributed by atoms with Crippen molar-refractivity contribution >= 4 is 22.9 Å². The van der Waals surface area contributed by atoms with Crippen LogP contribution in [0.15, 0.2) is 12.5 Å². The lowest BCUT2D eigenvalue weighted by Gasteiger charge is -2.45. The topological polar surface area (TPSA) is 102 Å². The maximum Gasteiger partial charge on any atom is 0.292 e. The molecule has 0 atom stereocenters. The number of hydrogen-bond acceptors (Lipinski definition) is 8. The van der Waals surface area contributed by atoms with E-state index in [9.17, 15) is 4.79 Å². The number of anilines is 1. The molecule has 0 radical (unpaired) electrons. The van der Waals surface area contributed by atoms with E-state index in [0.717, 1.165) is 36.6 Å². The van der Waals surface area contributed by atoms with Crippen LogP contribution in [-0.2, 0) is 11.3 Å². The van der Waals surface area contributed by atoms with Gasteiger partial charge in [0.25, 0.3) is 5.91 Å². The Kier molecular flexibility index (Phi) is 6.42. The summed E-state index contributed by atoms with van der Waals surface area (Å²) in [6.45, 7) is 17.8. The van der Waals surface area contributed by atoms with E-state index in [2.05, 4.69) is 19.4 Å². The van der Waals surface area contributed by atoms with Gasteiger partial charge in [-0.3, -0.25) is 4.79 Å². The van der Waals surface area contributed by atoms with Gasteiger partial charge < -0.3 is 19.1 Å². The number of nitrogens with zero attached hydrogens (tertiary/aromatic N) is 8. The summed E-state index contributed by atoms with van der Waals surface area (Å²) in [5.41, 5.74) is 2.25. The molecule has 10 heteroatoms. The van der Waals surface area contributed by atoms with Gasteiger partial charge in [-0.1, -0.05) is 0 Å². The second-order valence-corrected chi connectivity index (χ2v) is 12.2. The first-order valence-corrected chi connectivity index (χ1v) is 13.2. The first-order chi connectivity index (χ1) is 17.4. The standard InChI is InChI=1S/C27H38N8O2/c1-17-19(14-28-22(30-17)25(36)35(26(2,3)4)27(5,6)7)21-31-23(33-10-12-37-13-11-33)20-24(32-21)34(16-29-20)15-18-8-9-18/h14,16,18H,8-13,15H2,1-7H3. The van der Waals surface area contributed by atoms with Crippen LogP contribution < -0.4 is 4.90 Å². The van der Waals surface area contributed by atoms with E-state index in [1.807, 2.05) is 59.7 Å². The fourth-order valence-electron chi connectivity index (χ4n) is 5.26. The lowest BCUT2D eigenvalue weighted by Crippen LogP contribution is -2.56. The summed E-state index contributed by atoms with van der Waals surface area (Å²) in [6.07, 6.45) is 6.06. The van der Waals surface area contributed by atoms with Crippen LogP contribution in [0.3, 0.4) is 0 Å². The Balaban J connectivity index is 1.56. The van der Waals surface area contributed by atoms with Crippen molar-refractivity contribution in [2.45, 2.75) is 78.9 Å². The monoisotopic (exact) mass is 506 g/mol. The van der Waals surface area contributed by atoms with Crippen molar-refractivity contribution in [3.05, 3.63) is 24.0 Å². The molecule has 0 bridgehead atoms. The molecule has 198 valence electrons. The first-order valence-electron chi connectivity index (χ1n) is 13.2. The molecular formula is C27H38N8O2. The molecule has 37 heavy (non-hydrogen) atoms. The molecule has 0 N–H and O–H groups in total. The highest BCUT2D eigenvalue weighted by Gasteiger charge is 2.37. The molecule has 1 saturated carbocycles. The van der Waals surface area contributed by atoms with Crippen molar-refractivity contribution in [3.63, 3.8) is 0 Å². The Bertz CT molecular complexity index is 1300. The minimum absolute atomic E-state index is 0.180. The Hall–Kier alpha value is -3.14. The van der Waals surface area contributed by atoms with E-state index < -0.39 is 0 Å². The van der Waals surface area contributed by atoms with Crippen molar-refractivity contribution in [1.29, 1.82) is 0 Å². The zero-order valence-corrected chi connectivity index (χ0v) is 23.1. The molecule has 1 aliphatic carbocycles. The minimum atomic E-state index is -0.383. The van der Waals surface area contributed by atoms with Crippen molar-refractivity contribution in [1.82, 2.24) is 34.4 Å². The molecule has 3 aromatic heterocycles. The lowest BCUT2D eigenvalue weighted by molar-refractivity contribution is 0.0258. The maximum atomic E-state index is 13.5. The average Bonchev–Trinajstić information content (AvgIpc) is 3.55. The molecule has 0 aromatic carbocycles. The van der Waals surface area contributed by atoms with E-state index in [4.69, 9.17) is 19.7 Å². The van der Waals surface area contributed by atoms with Gasteiger partial charge in [0.15, 0.2) is 22.8 Å². The van der Waals surface area contributed by atoms with Crippen LogP contribution in [0.5, 0.6) is 0 Å². The fraction of sp³-hybridized carbons (Fsp3) is 0.630. The molecule has 4 heterocycles. The number of fused-ring (bicyclic) bond motifs is 1. The van der Waals surface area contributed by atoms with E-state index in [1.54, 1.807) is 6.20 Å². The number of rotatable bonds is 5. The van der Waals surface area contributed by atoms with Crippen LogP contribution >= 0.6 is 0 Å². The third kappa shape index (κ3) is 5.16. The number of amides is 1. The van der Waals surface area contributed by atoms with E-state index in [0.29, 0.717) is 36.2 Å². The number of carbonyl (C=O) groups excluding carboxylic acids is 1. The van der Waals surface area contributed by atoms with Gasteiger partial charge in [-0.2, -0.15) is 0 Å². The highest BCUT2D eigenvalue weighted by atomic mass is 16.5. The summed E-state index contributed by atoms with van der Waals surface area (Å²) in [6, 6.07) is 0. The number of morpholine rings is 1. The third-order valence-electron chi connectivity index (χ3n) is 6.86. The highest BCUT2D eigenvalue weighted by molar-refractivity contribution is 5.92. The zero-order chi connectivity index (χ0) is 26.5. The van der Waals surface area contributed by atoms with Gasteiger partial charge in [-0.15, -0.1) is 0 Å². The van der Waals surface area contributed by atoms with Crippen molar-refractivity contribution in [3.8, 4) is 11.4 Å². The third-order valence-corrected chi connectivity index (χ3v) is 6.86. The minimum Gasteiger partial charge on any atom is -0.378 e. The summed E-state index contributed by atoms with van der Waals surface area (Å²) in [5, 5.41) is 0. The molecule has 1 amide bonds. The van der Waals surface area contributed by atoms with Crippen LogP contribution in [0.1, 0.15) is 70.7 Å². The van der Waals surface area contributed by atoms with Crippen molar-refractivity contribution < 1.29 is 9.53 Å². The lowest BCUT2D eigenvalue weighted by atomic mass is 9.95. The normalized spacial score (nSPS) is 16.9. The summed E-state index contributed by atoms with van der Waals surface area (Å²) in [4.78, 5) is 41.4. The van der Waals surface area contributed by atoms with E-state index in [1.165, 1.54) is 12.8 Å². The largest absolute Gasteiger partial charge is 0.378 e. The highest BCUT2D eigenvalue weighted by Crippen LogP contribution is 2.34. The van der Waals surface area contributed by atoms with Crippen molar-refractivity contribution in [2.24, 2.45) is 5.92 Å². The van der Waals surface area contributed by atoms with Crippen LogP contribution in [0.25, 0.3) is 22.6 Å². The zero-order valence-electron chi connectivity index (χ0n) is 23.1. The Labute approximate surface area is 218 Å². The predicted octanol–water partition coefficient (Wildman–Crippen LogP) is 3.88. The van der Waals surface area contributed by atoms with Crippen LogP contribution in [0.4, 0.5) is 5.82 Å². The van der Waals surface area contributed by atoms with Gasteiger partial charge in [-0.25, -0.2) is 24.9 Å². The summed E-state index contributed by atoms with van der Waals surface area (Å²) in [5.74, 6) is 2.03. The quantitative estimate of drug-likeness (QED) is 0.514. The second kappa shape index (κ2) is 9.31. The number of ether oxygens (including phenoxy) is 1. The predicted molar refractivity (Wildman–Crippen MR) is 143 cm³/mol. The van der Waals surface area contributed by atoms with Crippen LogP contribution in [0, 0.1) is 12.8 Å². The number of aryl methyl sites for hydroxylation is 1. The summed E-state index contributed by atoms with van der Waals surface area (Å²) in [7, 11) is 0. The number of carbonyl (C=O) groups is 1. The number of aromatic nitrogens is 6. The fourth-order valence-corrected chi connectivity index (χ4v) is 5.26.